The maximum absolute atomic E-state index is 12.4. The summed E-state index contributed by atoms with van der Waals surface area (Å²) in [6.07, 6.45) is 3.61. The summed E-state index contributed by atoms with van der Waals surface area (Å²) in [6, 6.07) is 13.5. The molecule has 0 amide bonds. The maximum atomic E-state index is 12.4. The van der Waals surface area contributed by atoms with Crippen molar-refractivity contribution in [3.63, 3.8) is 0 Å². The number of benzene rings is 1. The standard InChI is InChI=1S/C20H18N4OS/c1-3-10-23-17-9-5-4-8-16(17)22-20(23)26-13-15-12-18(25)24-11-6-7-14(2)19(24)21-15/h3-9,11-12H,1,10,13H2,2H3. The molecule has 26 heavy (non-hydrogen) atoms. The molecule has 0 N–H and O–H groups in total. The second-order valence-corrected chi connectivity index (χ2v) is 6.98. The van der Waals surface area contributed by atoms with Crippen LogP contribution in [-0.2, 0) is 12.3 Å². The van der Waals surface area contributed by atoms with Crippen LogP contribution in [0, 0.1) is 6.92 Å². The first-order valence-corrected chi connectivity index (χ1v) is 9.33. The Hall–Kier alpha value is -2.86. The van der Waals surface area contributed by atoms with Crippen molar-refractivity contribution in [3.8, 4) is 0 Å². The molecule has 0 fully saturated rings. The molecule has 130 valence electrons. The third-order valence-electron chi connectivity index (χ3n) is 4.22. The molecule has 0 saturated heterocycles. The van der Waals surface area contributed by atoms with Crippen LogP contribution in [0.1, 0.15) is 11.3 Å². The Bertz CT molecular complexity index is 1180. The van der Waals surface area contributed by atoms with Crippen LogP contribution in [-0.4, -0.2) is 18.9 Å². The number of aromatic nitrogens is 4. The average Bonchev–Trinajstić information content (AvgIpc) is 2.99. The monoisotopic (exact) mass is 362 g/mol. The summed E-state index contributed by atoms with van der Waals surface area (Å²) < 4.78 is 3.71. The van der Waals surface area contributed by atoms with Crippen LogP contribution in [0.5, 0.6) is 0 Å². The third-order valence-corrected chi connectivity index (χ3v) is 5.23. The number of allylic oxidation sites excluding steroid dienone is 1. The topological polar surface area (TPSA) is 52.2 Å². The second-order valence-electron chi connectivity index (χ2n) is 6.04. The van der Waals surface area contributed by atoms with E-state index < -0.39 is 0 Å². The number of rotatable bonds is 5. The van der Waals surface area contributed by atoms with Crippen molar-refractivity contribution >= 4 is 28.4 Å². The molecule has 0 saturated carbocycles. The summed E-state index contributed by atoms with van der Waals surface area (Å²) in [5, 5.41) is 0.901. The van der Waals surface area contributed by atoms with E-state index in [9.17, 15) is 4.79 Å². The summed E-state index contributed by atoms with van der Waals surface area (Å²) in [6.45, 7) is 6.49. The second kappa shape index (κ2) is 6.80. The van der Waals surface area contributed by atoms with E-state index in [4.69, 9.17) is 4.98 Å². The fraction of sp³-hybridized carbons (Fsp3) is 0.150. The van der Waals surface area contributed by atoms with E-state index in [0.29, 0.717) is 17.9 Å². The zero-order valence-corrected chi connectivity index (χ0v) is 15.2. The van der Waals surface area contributed by atoms with Crippen molar-refractivity contribution < 1.29 is 0 Å². The molecular weight excluding hydrogens is 344 g/mol. The van der Waals surface area contributed by atoms with Gasteiger partial charge in [0.2, 0.25) is 0 Å². The molecule has 0 aliphatic carbocycles. The zero-order valence-electron chi connectivity index (χ0n) is 14.4. The minimum Gasteiger partial charge on any atom is -0.315 e. The molecule has 4 aromatic rings. The van der Waals surface area contributed by atoms with Crippen molar-refractivity contribution in [2.24, 2.45) is 0 Å². The number of hydrogen-bond donors (Lipinski definition) is 0. The molecule has 3 heterocycles. The molecule has 0 atom stereocenters. The molecule has 5 nitrogen and oxygen atoms in total. The Labute approximate surface area is 155 Å². The number of nitrogens with zero attached hydrogens (tertiary/aromatic N) is 4. The lowest BCUT2D eigenvalue weighted by Gasteiger charge is -2.07. The molecule has 0 unspecified atom stereocenters. The molecule has 3 aromatic heterocycles. The lowest BCUT2D eigenvalue weighted by Crippen LogP contribution is -2.15. The van der Waals surface area contributed by atoms with Crippen molar-refractivity contribution in [2.75, 3.05) is 0 Å². The van der Waals surface area contributed by atoms with Crippen LogP contribution < -0.4 is 5.56 Å². The van der Waals surface area contributed by atoms with Crippen molar-refractivity contribution in [3.05, 3.63) is 82.9 Å². The van der Waals surface area contributed by atoms with Crippen LogP contribution in [0.15, 0.2) is 71.3 Å². The van der Waals surface area contributed by atoms with Gasteiger partial charge >= 0.3 is 0 Å². The van der Waals surface area contributed by atoms with E-state index in [1.165, 1.54) is 0 Å². The van der Waals surface area contributed by atoms with Crippen LogP contribution in [0.4, 0.5) is 0 Å². The van der Waals surface area contributed by atoms with Crippen LogP contribution in [0.2, 0.25) is 0 Å². The predicted octanol–water partition coefficient (Wildman–Crippen LogP) is 3.83. The van der Waals surface area contributed by atoms with Gasteiger partial charge in [-0.2, -0.15) is 0 Å². The van der Waals surface area contributed by atoms with Gasteiger partial charge in [-0.25, -0.2) is 9.97 Å². The molecule has 0 radical (unpaired) electrons. The van der Waals surface area contributed by atoms with Crippen molar-refractivity contribution in [2.45, 2.75) is 24.4 Å². The summed E-state index contributed by atoms with van der Waals surface area (Å²) in [5.41, 5.74) is 4.42. The Kier molecular flexibility index (Phi) is 4.34. The molecule has 4 rings (SSSR count). The maximum Gasteiger partial charge on any atom is 0.258 e. The first-order chi connectivity index (χ1) is 12.7. The van der Waals surface area contributed by atoms with Gasteiger partial charge in [0.1, 0.15) is 5.65 Å². The number of fused-ring (bicyclic) bond motifs is 2. The van der Waals surface area contributed by atoms with E-state index in [2.05, 4.69) is 22.2 Å². The van der Waals surface area contributed by atoms with Gasteiger partial charge in [0.25, 0.3) is 5.56 Å². The molecule has 1 aromatic carbocycles. The molecule has 0 bridgehead atoms. The number of para-hydroxylation sites is 2. The van der Waals surface area contributed by atoms with Crippen molar-refractivity contribution in [1.82, 2.24) is 18.9 Å². The highest BCUT2D eigenvalue weighted by Gasteiger charge is 2.11. The zero-order chi connectivity index (χ0) is 18.1. The largest absolute Gasteiger partial charge is 0.315 e. The normalized spacial score (nSPS) is 11.3. The van der Waals surface area contributed by atoms with E-state index in [1.807, 2.05) is 43.3 Å². The van der Waals surface area contributed by atoms with Gasteiger partial charge < -0.3 is 4.57 Å². The highest BCUT2D eigenvalue weighted by Crippen LogP contribution is 2.26. The minimum absolute atomic E-state index is 0.0612. The lowest BCUT2D eigenvalue weighted by atomic mass is 10.3. The van der Waals surface area contributed by atoms with Gasteiger partial charge in [0, 0.05) is 24.6 Å². The quantitative estimate of drug-likeness (QED) is 0.400. The molecule has 0 aliphatic heterocycles. The van der Waals surface area contributed by atoms with E-state index in [0.717, 1.165) is 27.4 Å². The first kappa shape index (κ1) is 16.6. The SMILES string of the molecule is C=CCn1c(SCc2cc(=O)n3cccc(C)c3n2)nc2ccccc21. The van der Waals surface area contributed by atoms with Crippen LogP contribution in [0.25, 0.3) is 16.7 Å². The number of pyridine rings is 1. The number of imidazole rings is 1. The molecule has 0 spiro atoms. The van der Waals surface area contributed by atoms with Crippen LogP contribution >= 0.6 is 11.8 Å². The first-order valence-electron chi connectivity index (χ1n) is 8.34. The number of thioether (sulfide) groups is 1. The predicted molar refractivity (Wildman–Crippen MR) is 106 cm³/mol. The van der Waals surface area contributed by atoms with Gasteiger partial charge in [-0.3, -0.25) is 9.20 Å². The number of hydrogen-bond acceptors (Lipinski definition) is 4. The Balaban J connectivity index is 1.69. The summed E-state index contributed by atoms with van der Waals surface area (Å²) >= 11 is 1.58. The minimum atomic E-state index is -0.0612. The highest BCUT2D eigenvalue weighted by atomic mass is 32.2. The molecule has 6 heteroatoms. The smallest absolute Gasteiger partial charge is 0.258 e. The highest BCUT2D eigenvalue weighted by molar-refractivity contribution is 7.98. The van der Waals surface area contributed by atoms with Gasteiger partial charge in [-0.1, -0.05) is 36.0 Å². The van der Waals surface area contributed by atoms with Crippen molar-refractivity contribution in [1.29, 1.82) is 0 Å². The molecule has 0 aliphatic rings. The van der Waals surface area contributed by atoms with Gasteiger partial charge in [0.05, 0.1) is 16.7 Å². The lowest BCUT2D eigenvalue weighted by molar-refractivity contribution is 0.748. The fourth-order valence-corrected chi connectivity index (χ4v) is 3.91. The van der Waals surface area contributed by atoms with E-state index >= 15 is 0 Å². The Morgan fingerprint density at radius 3 is 2.88 bits per heavy atom. The van der Waals surface area contributed by atoms with Gasteiger partial charge in [-0.15, -0.1) is 6.58 Å². The van der Waals surface area contributed by atoms with Gasteiger partial charge in [-0.05, 0) is 30.7 Å². The molecular formula is C20H18N4OS. The third kappa shape index (κ3) is 2.93. The summed E-state index contributed by atoms with van der Waals surface area (Å²) in [7, 11) is 0. The fourth-order valence-electron chi connectivity index (χ4n) is 2.99. The van der Waals surface area contributed by atoms with Gasteiger partial charge in [0.15, 0.2) is 5.16 Å². The van der Waals surface area contributed by atoms with Crippen LogP contribution in [0.3, 0.4) is 0 Å². The average molecular weight is 362 g/mol. The van der Waals surface area contributed by atoms with E-state index in [-0.39, 0.29) is 5.56 Å². The number of aryl methyl sites for hydroxylation is 1. The summed E-state index contributed by atoms with van der Waals surface area (Å²) in [4.78, 5) is 21.7. The van der Waals surface area contributed by atoms with E-state index in [1.54, 1.807) is 28.4 Å². The summed E-state index contributed by atoms with van der Waals surface area (Å²) in [5.74, 6) is 0.584. The Morgan fingerprint density at radius 1 is 1.19 bits per heavy atom. The Morgan fingerprint density at radius 2 is 2.04 bits per heavy atom.